The first-order chi connectivity index (χ1) is 9.85. The van der Waals surface area contributed by atoms with Gasteiger partial charge in [-0.3, -0.25) is 0 Å². The Balaban J connectivity index is 2.97. The Morgan fingerprint density at radius 1 is 1.05 bits per heavy atom. The van der Waals surface area contributed by atoms with Crippen LogP contribution in [0.5, 0.6) is 0 Å². The van der Waals surface area contributed by atoms with Crippen LogP contribution in [0.25, 0.3) is 0 Å². The van der Waals surface area contributed by atoms with Crippen molar-refractivity contribution in [3.8, 4) is 0 Å². The Labute approximate surface area is 139 Å². The van der Waals surface area contributed by atoms with Gasteiger partial charge in [0.2, 0.25) is 0 Å². The number of rotatable bonds is 8. The molecule has 0 spiro atoms. The molecule has 0 amide bonds. The molecule has 1 atom stereocenters. The SMILES string of the molecule is CCNC(C)c1ccc(N(CC(C)C)CC(C)C)cc1Br. The molecule has 1 unspecified atom stereocenters. The van der Waals surface area contributed by atoms with E-state index in [9.17, 15) is 0 Å². The van der Waals surface area contributed by atoms with Crippen LogP contribution in [-0.4, -0.2) is 19.6 Å². The molecule has 0 saturated heterocycles. The molecular weight excluding hydrogens is 324 g/mol. The smallest absolute Gasteiger partial charge is 0.0377 e. The van der Waals surface area contributed by atoms with Crippen molar-refractivity contribution >= 4 is 21.6 Å². The lowest BCUT2D eigenvalue weighted by Gasteiger charge is -2.29. The molecule has 0 heterocycles. The van der Waals surface area contributed by atoms with E-state index in [1.807, 2.05) is 0 Å². The number of hydrogen-bond donors (Lipinski definition) is 1. The quantitative estimate of drug-likeness (QED) is 0.686. The summed E-state index contributed by atoms with van der Waals surface area (Å²) in [7, 11) is 0. The van der Waals surface area contributed by atoms with E-state index in [1.165, 1.54) is 15.7 Å². The van der Waals surface area contributed by atoms with Crippen LogP contribution in [-0.2, 0) is 0 Å². The Morgan fingerprint density at radius 2 is 1.62 bits per heavy atom. The van der Waals surface area contributed by atoms with Crippen molar-refractivity contribution in [2.24, 2.45) is 11.8 Å². The lowest BCUT2D eigenvalue weighted by atomic mass is 10.1. The third-order valence-corrected chi connectivity index (χ3v) is 4.18. The van der Waals surface area contributed by atoms with Gasteiger partial charge in [0.15, 0.2) is 0 Å². The molecule has 0 aromatic heterocycles. The Hall–Kier alpha value is -0.540. The van der Waals surface area contributed by atoms with Gasteiger partial charge in [-0.05, 0) is 43.0 Å². The average Bonchev–Trinajstić information content (AvgIpc) is 2.36. The fourth-order valence-electron chi connectivity index (χ4n) is 2.65. The highest BCUT2D eigenvalue weighted by Crippen LogP contribution is 2.29. The van der Waals surface area contributed by atoms with Crippen LogP contribution in [0.3, 0.4) is 0 Å². The van der Waals surface area contributed by atoms with Gasteiger partial charge in [-0.1, -0.05) is 56.6 Å². The summed E-state index contributed by atoms with van der Waals surface area (Å²) < 4.78 is 1.20. The molecular formula is C18H31BrN2. The molecule has 0 bridgehead atoms. The maximum atomic E-state index is 3.75. The highest BCUT2D eigenvalue weighted by molar-refractivity contribution is 9.10. The maximum absolute atomic E-state index is 3.75. The lowest BCUT2D eigenvalue weighted by molar-refractivity contribution is 0.552. The van der Waals surface area contributed by atoms with Crippen molar-refractivity contribution in [1.82, 2.24) is 5.32 Å². The second kappa shape index (κ2) is 8.79. The average molecular weight is 355 g/mol. The Morgan fingerprint density at radius 3 is 2.05 bits per heavy atom. The van der Waals surface area contributed by atoms with E-state index >= 15 is 0 Å². The second-order valence-electron chi connectivity index (χ2n) is 6.68. The molecule has 1 N–H and O–H groups in total. The fraction of sp³-hybridized carbons (Fsp3) is 0.667. The zero-order valence-electron chi connectivity index (χ0n) is 14.4. The molecule has 1 aromatic carbocycles. The predicted molar refractivity (Wildman–Crippen MR) is 98.1 cm³/mol. The van der Waals surface area contributed by atoms with Gasteiger partial charge in [0.1, 0.15) is 0 Å². The van der Waals surface area contributed by atoms with E-state index in [2.05, 4.69) is 85.9 Å². The molecule has 0 aliphatic heterocycles. The summed E-state index contributed by atoms with van der Waals surface area (Å²) in [6.45, 7) is 16.7. The van der Waals surface area contributed by atoms with Crippen LogP contribution in [0, 0.1) is 11.8 Å². The van der Waals surface area contributed by atoms with E-state index < -0.39 is 0 Å². The number of nitrogens with zero attached hydrogens (tertiary/aromatic N) is 1. The normalized spacial score (nSPS) is 13.0. The van der Waals surface area contributed by atoms with Crippen LogP contribution in [0.15, 0.2) is 22.7 Å². The fourth-order valence-corrected chi connectivity index (χ4v) is 3.36. The number of hydrogen-bond acceptors (Lipinski definition) is 2. The van der Waals surface area contributed by atoms with E-state index in [4.69, 9.17) is 0 Å². The third-order valence-electron chi connectivity index (χ3n) is 3.50. The van der Waals surface area contributed by atoms with Crippen molar-refractivity contribution in [1.29, 1.82) is 0 Å². The number of nitrogens with one attached hydrogen (secondary N) is 1. The van der Waals surface area contributed by atoms with Crippen LogP contribution < -0.4 is 10.2 Å². The minimum atomic E-state index is 0.377. The first-order valence-electron chi connectivity index (χ1n) is 8.12. The Kier molecular flexibility index (Phi) is 7.75. The highest BCUT2D eigenvalue weighted by atomic mass is 79.9. The predicted octanol–water partition coefficient (Wildman–Crippen LogP) is 5.24. The van der Waals surface area contributed by atoms with Crippen LogP contribution in [0.2, 0.25) is 0 Å². The molecule has 0 saturated carbocycles. The molecule has 0 aliphatic carbocycles. The standard InChI is InChI=1S/C18H31BrN2/c1-7-20-15(6)17-9-8-16(10-18(17)19)21(11-13(2)3)12-14(4)5/h8-10,13-15,20H,7,11-12H2,1-6H3. The molecule has 120 valence electrons. The van der Waals surface area contributed by atoms with Gasteiger partial charge in [-0.25, -0.2) is 0 Å². The first-order valence-corrected chi connectivity index (χ1v) is 8.92. The molecule has 2 nitrogen and oxygen atoms in total. The molecule has 0 aliphatic rings. The third kappa shape index (κ3) is 5.99. The molecule has 1 rings (SSSR count). The van der Waals surface area contributed by atoms with Gasteiger partial charge in [-0.2, -0.15) is 0 Å². The number of halogens is 1. The van der Waals surface area contributed by atoms with Crippen molar-refractivity contribution < 1.29 is 0 Å². The van der Waals surface area contributed by atoms with Gasteiger partial charge in [0, 0.05) is 29.3 Å². The molecule has 0 radical (unpaired) electrons. The topological polar surface area (TPSA) is 15.3 Å². The maximum Gasteiger partial charge on any atom is 0.0377 e. The summed E-state index contributed by atoms with van der Waals surface area (Å²) in [5.41, 5.74) is 2.64. The van der Waals surface area contributed by atoms with E-state index in [0.29, 0.717) is 17.9 Å². The van der Waals surface area contributed by atoms with Crippen LogP contribution in [0.4, 0.5) is 5.69 Å². The molecule has 3 heteroatoms. The largest absolute Gasteiger partial charge is 0.371 e. The number of benzene rings is 1. The summed E-state index contributed by atoms with van der Waals surface area (Å²) in [5.74, 6) is 1.34. The zero-order chi connectivity index (χ0) is 16.0. The monoisotopic (exact) mass is 354 g/mol. The van der Waals surface area contributed by atoms with Gasteiger partial charge < -0.3 is 10.2 Å². The van der Waals surface area contributed by atoms with Gasteiger partial charge in [0.25, 0.3) is 0 Å². The molecule has 21 heavy (non-hydrogen) atoms. The van der Waals surface area contributed by atoms with Crippen molar-refractivity contribution in [2.45, 2.75) is 47.6 Å². The minimum absolute atomic E-state index is 0.377. The van der Waals surface area contributed by atoms with Crippen molar-refractivity contribution in [2.75, 3.05) is 24.5 Å². The zero-order valence-corrected chi connectivity index (χ0v) is 16.0. The van der Waals surface area contributed by atoms with E-state index in [0.717, 1.165) is 19.6 Å². The van der Waals surface area contributed by atoms with E-state index in [-0.39, 0.29) is 0 Å². The van der Waals surface area contributed by atoms with Crippen LogP contribution >= 0.6 is 15.9 Å². The summed E-state index contributed by atoms with van der Waals surface area (Å²) in [4.78, 5) is 2.50. The lowest BCUT2D eigenvalue weighted by Crippen LogP contribution is -2.31. The first kappa shape index (κ1) is 18.5. The highest BCUT2D eigenvalue weighted by Gasteiger charge is 2.14. The number of anilines is 1. The van der Waals surface area contributed by atoms with E-state index in [1.54, 1.807) is 0 Å². The van der Waals surface area contributed by atoms with Crippen LogP contribution in [0.1, 0.15) is 53.1 Å². The Bertz CT molecular complexity index is 419. The van der Waals surface area contributed by atoms with Crippen molar-refractivity contribution in [3.05, 3.63) is 28.2 Å². The summed E-state index contributed by atoms with van der Waals surface area (Å²) >= 11 is 3.75. The van der Waals surface area contributed by atoms with Gasteiger partial charge in [-0.15, -0.1) is 0 Å². The van der Waals surface area contributed by atoms with Gasteiger partial charge >= 0.3 is 0 Å². The minimum Gasteiger partial charge on any atom is -0.371 e. The molecule has 1 aromatic rings. The van der Waals surface area contributed by atoms with Crippen molar-refractivity contribution in [3.63, 3.8) is 0 Å². The summed E-state index contributed by atoms with van der Waals surface area (Å²) in [6, 6.07) is 7.16. The summed E-state index contributed by atoms with van der Waals surface area (Å²) in [6.07, 6.45) is 0. The summed E-state index contributed by atoms with van der Waals surface area (Å²) in [5, 5.41) is 3.47. The molecule has 0 fully saturated rings. The second-order valence-corrected chi connectivity index (χ2v) is 7.53. The van der Waals surface area contributed by atoms with Gasteiger partial charge in [0.05, 0.1) is 0 Å².